The van der Waals surface area contributed by atoms with Gasteiger partial charge in [0.05, 0.1) is 11.2 Å². The minimum Gasteiger partial charge on any atom is -0.365 e. The molecule has 1 aromatic heterocycles. The average molecular weight is 290 g/mol. The highest BCUT2D eigenvalue weighted by atomic mass is 16.5. The summed E-state index contributed by atoms with van der Waals surface area (Å²) in [7, 11) is 0. The zero-order valence-electron chi connectivity index (χ0n) is 12.6. The first-order valence-electron chi connectivity index (χ1n) is 7.48. The predicted molar refractivity (Wildman–Crippen MR) is 79.1 cm³/mol. The highest BCUT2D eigenvalue weighted by Crippen LogP contribution is 2.41. The second-order valence-electron chi connectivity index (χ2n) is 6.75. The van der Waals surface area contributed by atoms with E-state index < -0.39 is 5.91 Å². The molecule has 0 aromatic carbocycles. The third-order valence-electron chi connectivity index (χ3n) is 4.29. The van der Waals surface area contributed by atoms with Crippen LogP contribution in [0.4, 0.5) is 5.82 Å². The third-order valence-corrected chi connectivity index (χ3v) is 4.29. The van der Waals surface area contributed by atoms with Crippen molar-refractivity contribution in [1.82, 2.24) is 10.2 Å². The molecule has 1 aliphatic heterocycles. The standard InChI is InChI=1S/C15H22N4O2/c1-14(2)9-19(10-15(21-14)7-3-4-8-15)12-6-5-11(13(16)20)17-18-12/h5-6H,3-4,7-10H2,1-2H3,(H2,16,20). The van der Waals surface area contributed by atoms with Gasteiger partial charge in [-0.25, -0.2) is 0 Å². The Hall–Kier alpha value is -1.69. The van der Waals surface area contributed by atoms with E-state index in [9.17, 15) is 4.79 Å². The molecule has 1 aromatic rings. The largest absolute Gasteiger partial charge is 0.365 e. The minimum atomic E-state index is -0.552. The SMILES string of the molecule is CC1(C)CN(c2ccc(C(N)=O)nn2)CC2(CCCC2)O1. The fourth-order valence-corrected chi connectivity index (χ4v) is 3.58. The van der Waals surface area contributed by atoms with Crippen molar-refractivity contribution in [2.45, 2.75) is 50.7 Å². The third kappa shape index (κ3) is 2.85. The van der Waals surface area contributed by atoms with Gasteiger partial charge in [0.25, 0.3) is 5.91 Å². The molecule has 6 nitrogen and oxygen atoms in total. The van der Waals surface area contributed by atoms with E-state index in [0.717, 1.165) is 31.7 Å². The van der Waals surface area contributed by atoms with Crippen molar-refractivity contribution in [3.63, 3.8) is 0 Å². The Labute approximate surface area is 124 Å². The number of hydrogen-bond donors (Lipinski definition) is 1. The number of carbonyl (C=O) groups excluding carboxylic acids is 1. The van der Waals surface area contributed by atoms with Crippen molar-refractivity contribution in [1.29, 1.82) is 0 Å². The van der Waals surface area contributed by atoms with Crippen molar-refractivity contribution in [3.05, 3.63) is 17.8 Å². The van der Waals surface area contributed by atoms with Crippen LogP contribution in [-0.4, -0.2) is 40.4 Å². The highest BCUT2D eigenvalue weighted by Gasteiger charge is 2.46. The lowest BCUT2D eigenvalue weighted by Crippen LogP contribution is -2.59. The Morgan fingerprint density at radius 3 is 2.52 bits per heavy atom. The van der Waals surface area contributed by atoms with Crippen LogP contribution in [-0.2, 0) is 4.74 Å². The monoisotopic (exact) mass is 290 g/mol. The van der Waals surface area contributed by atoms with E-state index in [1.165, 1.54) is 12.8 Å². The first-order valence-corrected chi connectivity index (χ1v) is 7.48. The Morgan fingerprint density at radius 1 is 1.24 bits per heavy atom. The summed E-state index contributed by atoms with van der Waals surface area (Å²) in [5, 5.41) is 8.07. The van der Waals surface area contributed by atoms with E-state index in [2.05, 4.69) is 28.9 Å². The van der Waals surface area contributed by atoms with Gasteiger partial charge in [0.2, 0.25) is 0 Å². The predicted octanol–water partition coefficient (Wildman–Crippen LogP) is 1.50. The number of anilines is 1. The van der Waals surface area contributed by atoms with Gasteiger partial charge in [-0.2, -0.15) is 0 Å². The van der Waals surface area contributed by atoms with Gasteiger partial charge < -0.3 is 15.4 Å². The lowest BCUT2D eigenvalue weighted by atomic mass is 9.94. The van der Waals surface area contributed by atoms with Crippen LogP contribution >= 0.6 is 0 Å². The summed E-state index contributed by atoms with van der Waals surface area (Å²) in [6.07, 6.45) is 4.63. The topological polar surface area (TPSA) is 81.3 Å². The first-order chi connectivity index (χ1) is 9.89. The number of nitrogens with zero attached hydrogens (tertiary/aromatic N) is 3. The molecular formula is C15H22N4O2. The van der Waals surface area contributed by atoms with Gasteiger partial charge in [0.15, 0.2) is 11.5 Å². The average Bonchev–Trinajstić information content (AvgIpc) is 2.84. The molecule has 1 saturated heterocycles. The van der Waals surface area contributed by atoms with E-state index in [0.29, 0.717) is 0 Å². The molecule has 0 atom stereocenters. The lowest BCUT2D eigenvalue weighted by Gasteiger charge is -2.49. The molecule has 1 aliphatic carbocycles. The Kier molecular flexibility index (Phi) is 3.36. The summed E-state index contributed by atoms with van der Waals surface area (Å²) in [5.41, 5.74) is 5.12. The number of amides is 1. The zero-order valence-corrected chi connectivity index (χ0v) is 12.6. The smallest absolute Gasteiger partial charge is 0.269 e. The second kappa shape index (κ2) is 4.94. The van der Waals surface area contributed by atoms with E-state index in [1.807, 2.05) is 6.07 Å². The maximum atomic E-state index is 11.1. The molecule has 0 radical (unpaired) electrons. The molecule has 21 heavy (non-hydrogen) atoms. The number of nitrogens with two attached hydrogens (primary N) is 1. The van der Waals surface area contributed by atoms with Crippen molar-refractivity contribution < 1.29 is 9.53 Å². The summed E-state index contributed by atoms with van der Waals surface area (Å²) in [4.78, 5) is 13.3. The number of hydrogen-bond acceptors (Lipinski definition) is 5. The van der Waals surface area contributed by atoms with Crippen molar-refractivity contribution >= 4 is 11.7 Å². The summed E-state index contributed by atoms with van der Waals surface area (Å²) < 4.78 is 6.37. The first kappa shape index (κ1) is 14.3. The van der Waals surface area contributed by atoms with E-state index >= 15 is 0 Å². The molecule has 1 spiro atoms. The fraction of sp³-hybridized carbons (Fsp3) is 0.667. The van der Waals surface area contributed by atoms with E-state index in [4.69, 9.17) is 10.5 Å². The van der Waals surface area contributed by atoms with Gasteiger partial charge in [-0.3, -0.25) is 4.79 Å². The Bertz CT molecular complexity index is 535. The number of rotatable bonds is 2. The van der Waals surface area contributed by atoms with Crippen molar-refractivity contribution in [2.24, 2.45) is 5.73 Å². The molecule has 2 fully saturated rings. The van der Waals surface area contributed by atoms with Crippen LogP contribution in [0.5, 0.6) is 0 Å². The van der Waals surface area contributed by atoms with E-state index in [-0.39, 0.29) is 16.9 Å². The molecular weight excluding hydrogens is 268 g/mol. The maximum Gasteiger partial charge on any atom is 0.269 e. The normalized spacial score (nSPS) is 23.4. The van der Waals surface area contributed by atoms with Gasteiger partial charge in [0.1, 0.15) is 0 Å². The molecule has 0 bridgehead atoms. The van der Waals surface area contributed by atoms with Gasteiger partial charge in [-0.15, -0.1) is 10.2 Å². The summed E-state index contributed by atoms with van der Waals surface area (Å²) in [6.45, 7) is 5.83. The van der Waals surface area contributed by atoms with Crippen LogP contribution in [0.1, 0.15) is 50.0 Å². The molecule has 0 unspecified atom stereocenters. The summed E-state index contributed by atoms with van der Waals surface area (Å²) >= 11 is 0. The molecule has 1 amide bonds. The molecule has 2 aliphatic rings. The molecule has 1 saturated carbocycles. The number of aromatic nitrogens is 2. The highest BCUT2D eigenvalue weighted by molar-refractivity contribution is 5.90. The number of ether oxygens (including phenoxy) is 1. The molecule has 2 heterocycles. The quantitative estimate of drug-likeness (QED) is 0.892. The van der Waals surface area contributed by atoms with Gasteiger partial charge in [-0.1, -0.05) is 12.8 Å². The van der Waals surface area contributed by atoms with E-state index in [1.54, 1.807) is 6.07 Å². The van der Waals surface area contributed by atoms with Crippen LogP contribution in [0.3, 0.4) is 0 Å². The fourth-order valence-electron chi connectivity index (χ4n) is 3.58. The second-order valence-corrected chi connectivity index (χ2v) is 6.75. The van der Waals surface area contributed by atoms with Crippen molar-refractivity contribution in [2.75, 3.05) is 18.0 Å². The van der Waals surface area contributed by atoms with Crippen LogP contribution in [0.25, 0.3) is 0 Å². The van der Waals surface area contributed by atoms with Crippen LogP contribution in [0.2, 0.25) is 0 Å². The number of morpholine rings is 1. The number of primary amides is 1. The number of carbonyl (C=O) groups is 1. The Morgan fingerprint density at radius 2 is 1.95 bits per heavy atom. The molecule has 114 valence electrons. The lowest BCUT2D eigenvalue weighted by molar-refractivity contribution is -0.148. The maximum absolute atomic E-state index is 11.1. The van der Waals surface area contributed by atoms with Crippen LogP contribution < -0.4 is 10.6 Å². The molecule has 6 heteroatoms. The molecule has 3 rings (SSSR count). The Balaban J connectivity index is 1.85. The zero-order chi connectivity index (χ0) is 15.1. The van der Waals surface area contributed by atoms with Gasteiger partial charge in [-0.05, 0) is 38.8 Å². The van der Waals surface area contributed by atoms with Crippen LogP contribution in [0, 0.1) is 0 Å². The van der Waals surface area contributed by atoms with Crippen molar-refractivity contribution in [3.8, 4) is 0 Å². The van der Waals surface area contributed by atoms with Gasteiger partial charge >= 0.3 is 0 Å². The minimum absolute atomic E-state index is 0.0637. The van der Waals surface area contributed by atoms with Crippen LogP contribution in [0.15, 0.2) is 12.1 Å². The molecule has 2 N–H and O–H groups in total. The summed E-state index contributed by atoms with van der Waals surface area (Å²) in [5.74, 6) is 0.228. The summed E-state index contributed by atoms with van der Waals surface area (Å²) in [6, 6.07) is 3.45. The van der Waals surface area contributed by atoms with Gasteiger partial charge in [0, 0.05) is 13.1 Å².